The second-order valence-corrected chi connectivity index (χ2v) is 9.57. The van der Waals surface area contributed by atoms with Crippen molar-refractivity contribution in [2.24, 2.45) is 0 Å². The van der Waals surface area contributed by atoms with Gasteiger partial charge in [-0.3, -0.25) is 18.5 Å². The molecule has 1 aromatic heterocycles. The molecule has 2 aromatic carbocycles. The highest BCUT2D eigenvalue weighted by Gasteiger charge is 2.33. The maximum Gasteiger partial charge on any atom is 0.308 e. The van der Waals surface area contributed by atoms with Crippen molar-refractivity contribution < 1.29 is 17.6 Å². The van der Waals surface area contributed by atoms with Gasteiger partial charge in [-0.15, -0.1) is 0 Å². The Hall–Kier alpha value is -2.72. The van der Waals surface area contributed by atoms with Gasteiger partial charge in [-0.1, -0.05) is 30.4 Å². The van der Waals surface area contributed by atoms with Crippen LogP contribution in [0, 0.1) is 5.82 Å². The Labute approximate surface area is 177 Å². The second-order valence-electron chi connectivity index (χ2n) is 6.72. The first kappa shape index (κ1) is 22.0. The zero-order chi connectivity index (χ0) is 22.1. The summed E-state index contributed by atoms with van der Waals surface area (Å²) in [6.07, 6.45) is 1.07. The summed E-state index contributed by atoms with van der Waals surface area (Å²) in [6.45, 7) is 4.06. The van der Waals surface area contributed by atoms with E-state index < -0.39 is 27.8 Å². The molecule has 0 bridgehead atoms. The van der Waals surface area contributed by atoms with Crippen LogP contribution in [-0.4, -0.2) is 31.2 Å². The number of nitrogens with zero attached hydrogens (tertiary/aromatic N) is 2. The van der Waals surface area contributed by atoms with E-state index in [4.69, 9.17) is 0 Å². The number of amides is 1. The fourth-order valence-electron chi connectivity index (χ4n) is 3.33. The highest BCUT2D eigenvalue weighted by Crippen LogP contribution is 2.27. The topological polar surface area (TPSA) is 88.5 Å². The van der Waals surface area contributed by atoms with Crippen molar-refractivity contribution in [3.05, 3.63) is 57.9 Å². The zero-order valence-corrected chi connectivity index (χ0v) is 18.4. The monoisotopic (exact) mass is 451 g/mol. The third kappa shape index (κ3) is 4.24. The summed E-state index contributed by atoms with van der Waals surface area (Å²) in [5, 5.41) is 2.70. The largest absolute Gasteiger partial charge is 0.324 e. The molecule has 0 aliphatic heterocycles. The maximum absolute atomic E-state index is 14.3. The van der Waals surface area contributed by atoms with E-state index in [0.29, 0.717) is 16.9 Å². The minimum Gasteiger partial charge on any atom is -0.324 e. The number of hydrogen-bond acceptors (Lipinski definition) is 5. The minimum absolute atomic E-state index is 0.0924. The van der Waals surface area contributed by atoms with Crippen LogP contribution in [0.1, 0.15) is 20.3 Å². The number of carbonyl (C=O) groups is 1. The summed E-state index contributed by atoms with van der Waals surface area (Å²) in [4.78, 5) is 24.9. The summed E-state index contributed by atoms with van der Waals surface area (Å²) in [6, 6.07) is 9.34. The highest BCUT2D eigenvalue weighted by molar-refractivity contribution is 7.92. The molecule has 0 saturated carbocycles. The number of rotatable bonds is 7. The van der Waals surface area contributed by atoms with Crippen LogP contribution in [-0.2, 0) is 21.4 Å². The lowest BCUT2D eigenvalue weighted by Crippen LogP contribution is -2.47. The molecule has 3 aromatic rings. The molecule has 0 unspecified atom stereocenters. The molecular weight excluding hydrogens is 429 g/mol. The van der Waals surface area contributed by atoms with Gasteiger partial charge in [-0.05, 0) is 43.7 Å². The van der Waals surface area contributed by atoms with E-state index in [1.54, 1.807) is 29.7 Å². The number of sulfonamides is 1. The van der Waals surface area contributed by atoms with E-state index >= 15 is 0 Å². The van der Waals surface area contributed by atoms with Crippen molar-refractivity contribution in [2.75, 3.05) is 15.9 Å². The van der Waals surface area contributed by atoms with Gasteiger partial charge in [0, 0.05) is 12.2 Å². The standard InChI is InChI=1S/C20H22FN3O4S2/c1-4-15(24(30(3,27)28)16-9-7-6-8-14(16)21)19(25)22-13-10-11-17-18(12-13)29-20(26)23(17)5-2/h6-12,15H,4-5H2,1-3H3,(H,22,25)/t15-/m1/s1. The summed E-state index contributed by atoms with van der Waals surface area (Å²) in [7, 11) is -3.94. The number of halogens is 1. The number of anilines is 2. The van der Waals surface area contributed by atoms with Crippen LogP contribution in [0.2, 0.25) is 0 Å². The van der Waals surface area contributed by atoms with Crippen molar-refractivity contribution in [2.45, 2.75) is 32.9 Å². The molecule has 0 radical (unpaired) electrons. The van der Waals surface area contributed by atoms with Gasteiger partial charge in [0.05, 0.1) is 22.2 Å². The van der Waals surface area contributed by atoms with E-state index in [9.17, 15) is 22.4 Å². The van der Waals surface area contributed by atoms with E-state index in [2.05, 4.69) is 5.32 Å². The Balaban J connectivity index is 1.96. The molecule has 0 fully saturated rings. The Morgan fingerprint density at radius 2 is 1.93 bits per heavy atom. The molecule has 0 aliphatic carbocycles. The van der Waals surface area contributed by atoms with E-state index in [1.165, 1.54) is 18.2 Å². The van der Waals surface area contributed by atoms with Crippen LogP contribution in [0.25, 0.3) is 10.2 Å². The molecule has 0 aliphatic rings. The van der Waals surface area contributed by atoms with Crippen molar-refractivity contribution >= 4 is 48.9 Å². The summed E-state index contributed by atoms with van der Waals surface area (Å²) >= 11 is 1.07. The molecule has 0 spiro atoms. The predicted octanol–water partition coefficient (Wildman–Crippen LogP) is 3.41. The number of fused-ring (bicyclic) bond motifs is 1. The number of nitrogens with one attached hydrogen (secondary N) is 1. The van der Waals surface area contributed by atoms with E-state index in [1.807, 2.05) is 6.92 Å². The van der Waals surface area contributed by atoms with Crippen molar-refractivity contribution in [3.63, 3.8) is 0 Å². The van der Waals surface area contributed by atoms with Crippen molar-refractivity contribution in [1.82, 2.24) is 4.57 Å². The molecule has 1 heterocycles. The normalized spacial score (nSPS) is 12.7. The van der Waals surface area contributed by atoms with Gasteiger partial charge in [0.25, 0.3) is 0 Å². The fourth-order valence-corrected chi connectivity index (χ4v) is 5.54. The lowest BCUT2D eigenvalue weighted by molar-refractivity contribution is -0.117. The molecule has 1 N–H and O–H groups in total. The highest BCUT2D eigenvalue weighted by atomic mass is 32.2. The summed E-state index contributed by atoms with van der Waals surface area (Å²) in [5.74, 6) is -1.32. The summed E-state index contributed by atoms with van der Waals surface area (Å²) < 4.78 is 42.3. The Kier molecular flexibility index (Phi) is 6.27. The third-order valence-electron chi connectivity index (χ3n) is 4.67. The smallest absolute Gasteiger partial charge is 0.308 e. The fraction of sp³-hybridized carbons (Fsp3) is 0.300. The minimum atomic E-state index is -3.94. The molecule has 7 nitrogen and oxygen atoms in total. The lowest BCUT2D eigenvalue weighted by atomic mass is 10.1. The second kappa shape index (κ2) is 8.57. The lowest BCUT2D eigenvalue weighted by Gasteiger charge is -2.30. The van der Waals surface area contributed by atoms with Crippen LogP contribution >= 0.6 is 11.3 Å². The average Bonchev–Trinajstić information content (AvgIpc) is 2.99. The number of aryl methyl sites for hydroxylation is 1. The molecule has 3 rings (SSSR count). The first-order valence-corrected chi connectivity index (χ1v) is 12.0. The number of carbonyl (C=O) groups excluding carboxylic acids is 1. The van der Waals surface area contributed by atoms with Gasteiger partial charge in [0.1, 0.15) is 11.9 Å². The van der Waals surface area contributed by atoms with Crippen LogP contribution in [0.5, 0.6) is 0 Å². The van der Waals surface area contributed by atoms with Gasteiger partial charge in [-0.25, -0.2) is 12.8 Å². The summed E-state index contributed by atoms with van der Waals surface area (Å²) in [5.41, 5.74) is 1.01. The Morgan fingerprint density at radius 1 is 1.23 bits per heavy atom. The molecule has 160 valence electrons. The number of hydrogen-bond donors (Lipinski definition) is 1. The Morgan fingerprint density at radius 3 is 2.53 bits per heavy atom. The molecule has 1 amide bonds. The van der Waals surface area contributed by atoms with Gasteiger partial charge < -0.3 is 5.32 Å². The Bertz CT molecular complexity index is 1250. The first-order valence-electron chi connectivity index (χ1n) is 9.35. The SMILES string of the molecule is CC[C@H](C(=O)Nc1ccc2c(c1)sc(=O)n2CC)N(c1ccccc1F)S(C)(=O)=O. The number of benzene rings is 2. The van der Waals surface area contributed by atoms with E-state index in [0.717, 1.165) is 33.5 Å². The molecule has 1 atom stereocenters. The molecule has 30 heavy (non-hydrogen) atoms. The van der Waals surface area contributed by atoms with Crippen LogP contribution in [0.3, 0.4) is 0 Å². The quantitative estimate of drug-likeness (QED) is 0.596. The first-order chi connectivity index (χ1) is 14.2. The zero-order valence-electron chi connectivity index (χ0n) is 16.8. The maximum atomic E-state index is 14.3. The average molecular weight is 452 g/mol. The number of para-hydroxylation sites is 1. The van der Waals surface area contributed by atoms with Crippen LogP contribution < -0.4 is 14.5 Å². The number of aromatic nitrogens is 1. The predicted molar refractivity (Wildman–Crippen MR) is 118 cm³/mol. The van der Waals surface area contributed by atoms with Gasteiger partial charge >= 0.3 is 4.87 Å². The van der Waals surface area contributed by atoms with Gasteiger partial charge in [0.15, 0.2) is 0 Å². The van der Waals surface area contributed by atoms with Gasteiger partial charge in [0.2, 0.25) is 15.9 Å². The van der Waals surface area contributed by atoms with Crippen LogP contribution in [0.15, 0.2) is 47.3 Å². The van der Waals surface area contributed by atoms with Crippen molar-refractivity contribution in [3.8, 4) is 0 Å². The molecule has 10 heteroatoms. The van der Waals surface area contributed by atoms with Crippen LogP contribution in [0.4, 0.5) is 15.8 Å². The van der Waals surface area contributed by atoms with Crippen molar-refractivity contribution in [1.29, 1.82) is 0 Å². The molecular formula is C20H22FN3O4S2. The third-order valence-corrected chi connectivity index (χ3v) is 6.78. The van der Waals surface area contributed by atoms with E-state index in [-0.39, 0.29) is 17.0 Å². The molecule has 0 saturated heterocycles. The van der Waals surface area contributed by atoms with Gasteiger partial charge in [-0.2, -0.15) is 0 Å². The number of thiazole rings is 1.